The maximum Gasteiger partial charge on any atom is 0.183 e. The lowest BCUT2D eigenvalue weighted by molar-refractivity contribution is -0.0320. The molecule has 1 saturated heterocycles. The number of aromatic nitrogens is 1. The molecule has 1 aromatic heterocycles. The molecular weight excluding hydrogens is 248 g/mol. The molecule has 6 nitrogen and oxygen atoms in total. The fraction of sp³-hybridized carbons (Fsp3) is 0.615. The van der Waals surface area contributed by atoms with Crippen molar-refractivity contribution >= 4 is 0 Å². The smallest absolute Gasteiger partial charge is 0.183 e. The van der Waals surface area contributed by atoms with Crippen LogP contribution in [0, 0.1) is 0 Å². The second-order valence-corrected chi connectivity index (χ2v) is 4.37. The molecule has 106 valence electrons. The summed E-state index contributed by atoms with van der Waals surface area (Å²) in [6.45, 7) is 2.67. The van der Waals surface area contributed by atoms with Crippen LogP contribution in [0.2, 0.25) is 0 Å². The summed E-state index contributed by atoms with van der Waals surface area (Å²) in [6.07, 6.45) is 1.70. The molecule has 2 rings (SSSR count). The van der Waals surface area contributed by atoms with E-state index in [9.17, 15) is 5.11 Å². The second kappa shape index (κ2) is 6.70. The van der Waals surface area contributed by atoms with Gasteiger partial charge in [0.1, 0.15) is 5.69 Å². The Bertz CT molecular complexity index is 414. The maximum atomic E-state index is 9.37. The molecule has 6 heteroatoms. The minimum absolute atomic E-state index is 0.00598. The van der Waals surface area contributed by atoms with Gasteiger partial charge in [-0.05, 0) is 0 Å². The van der Waals surface area contributed by atoms with Gasteiger partial charge in [-0.25, -0.2) is 0 Å². The summed E-state index contributed by atoms with van der Waals surface area (Å²) in [4.78, 5) is 6.50. The van der Waals surface area contributed by atoms with Gasteiger partial charge >= 0.3 is 0 Å². The molecule has 0 bridgehead atoms. The van der Waals surface area contributed by atoms with Crippen molar-refractivity contribution in [2.45, 2.75) is 12.6 Å². The molecular formula is C13H20N2O4. The van der Waals surface area contributed by atoms with Crippen LogP contribution < -0.4 is 9.47 Å². The van der Waals surface area contributed by atoms with Crippen LogP contribution in [0.3, 0.4) is 0 Å². The number of aliphatic hydroxyl groups excluding tert-OH is 1. The van der Waals surface area contributed by atoms with E-state index in [1.165, 1.54) is 0 Å². The summed E-state index contributed by atoms with van der Waals surface area (Å²) in [6, 6.07) is 1.78. The topological polar surface area (TPSA) is 64.1 Å². The van der Waals surface area contributed by atoms with Gasteiger partial charge in [0.15, 0.2) is 11.5 Å². The van der Waals surface area contributed by atoms with E-state index in [2.05, 4.69) is 9.88 Å². The summed E-state index contributed by atoms with van der Waals surface area (Å²) < 4.78 is 16.0. The second-order valence-electron chi connectivity index (χ2n) is 4.37. The van der Waals surface area contributed by atoms with Crippen molar-refractivity contribution in [3.8, 4) is 11.5 Å². The van der Waals surface area contributed by atoms with E-state index >= 15 is 0 Å². The predicted octanol–water partition coefficient (Wildman–Crippen LogP) is 0.292. The fourth-order valence-electron chi connectivity index (χ4n) is 2.22. The van der Waals surface area contributed by atoms with Gasteiger partial charge in [0, 0.05) is 25.4 Å². The molecule has 1 unspecified atom stereocenters. The molecule has 19 heavy (non-hydrogen) atoms. The Morgan fingerprint density at radius 3 is 3.00 bits per heavy atom. The standard InChI is InChI=1S/C13H20N2O4/c1-17-12-3-4-14-11(13(12)18-2)7-15-5-6-19-9-10(15)8-16/h3-4,10,16H,5-9H2,1-2H3. The van der Waals surface area contributed by atoms with Crippen molar-refractivity contribution < 1.29 is 19.3 Å². The van der Waals surface area contributed by atoms with Crippen LogP contribution in [0.15, 0.2) is 12.3 Å². The minimum atomic E-state index is 0.00598. The van der Waals surface area contributed by atoms with Crippen molar-refractivity contribution in [2.24, 2.45) is 0 Å². The van der Waals surface area contributed by atoms with Gasteiger partial charge < -0.3 is 19.3 Å². The fourth-order valence-corrected chi connectivity index (χ4v) is 2.22. The Balaban J connectivity index is 2.17. The van der Waals surface area contributed by atoms with Gasteiger partial charge in [0.2, 0.25) is 0 Å². The summed E-state index contributed by atoms with van der Waals surface area (Å²) >= 11 is 0. The third-order valence-corrected chi connectivity index (χ3v) is 3.28. The quantitative estimate of drug-likeness (QED) is 0.828. The SMILES string of the molecule is COc1ccnc(CN2CCOCC2CO)c1OC. The van der Waals surface area contributed by atoms with Gasteiger partial charge in [-0.1, -0.05) is 0 Å². The number of rotatable bonds is 5. The molecule has 0 radical (unpaired) electrons. The Labute approximate surface area is 112 Å². The molecule has 1 aromatic rings. The summed E-state index contributed by atoms with van der Waals surface area (Å²) in [5, 5.41) is 9.37. The average Bonchev–Trinajstić information content (AvgIpc) is 2.47. The molecule has 0 aromatic carbocycles. The number of aliphatic hydroxyl groups is 1. The number of hydrogen-bond acceptors (Lipinski definition) is 6. The van der Waals surface area contributed by atoms with Crippen LogP contribution in [0.1, 0.15) is 5.69 Å². The highest BCUT2D eigenvalue weighted by Crippen LogP contribution is 2.30. The monoisotopic (exact) mass is 268 g/mol. The predicted molar refractivity (Wildman–Crippen MR) is 69.4 cm³/mol. The highest BCUT2D eigenvalue weighted by atomic mass is 16.5. The number of ether oxygens (including phenoxy) is 3. The lowest BCUT2D eigenvalue weighted by Crippen LogP contribution is -2.47. The molecule has 0 aliphatic carbocycles. The molecule has 1 atom stereocenters. The zero-order chi connectivity index (χ0) is 13.7. The van der Waals surface area contributed by atoms with Gasteiger partial charge in [0.05, 0.1) is 40.1 Å². The Morgan fingerprint density at radius 2 is 2.32 bits per heavy atom. The summed E-state index contributed by atoms with van der Waals surface area (Å²) in [5.74, 6) is 1.31. The molecule has 0 spiro atoms. The third-order valence-electron chi connectivity index (χ3n) is 3.28. The zero-order valence-electron chi connectivity index (χ0n) is 11.3. The van der Waals surface area contributed by atoms with Crippen LogP contribution in [0.5, 0.6) is 11.5 Å². The van der Waals surface area contributed by atoms with Crippen LogP contribution in [-0.4, -0.2) is 61.6 Å². The van der Waals surface area contributed by atoms with Crippen LogP contribution in [-0.2, 0) is 11.3 Å². The van der Waals surface area contributed by atoms with Crippen LogP contribution in [0.25, 0.3) is 0 Å². The van der Waals surface area contributed by atoms with Crippen molar-refractivity contribution in [2.75, 3.05) is 40.6 Å². The first-order valence-corrected chi connectivity index (χ1v) is 6.28. The highest BCUT2D eigenvalue weighted by molar-refractivity contribution is 5.42. The summed E-state index contributed by atoms with van der Waals surface area (Å²) in [7, 11) is 3.21. The van der Waals surface area contributed by atoms with E-state index in [1.807, 2.05) is 0 Å². The first-order chi connectivity index (χ1) is 9.30. The lowest BCUT2D eigenvalue weighted by Gasteiger charge is -2.34. The molecule has 1 aliphatic heterocycles. The van der Waals surface area contributed by atoms with E-state index in [1.54, 1.807) is 26.5 Å². The Hall–Kier alpha value is -1.37. The number of methoxy groups -OCH3 is 2. The molecule has 0 saturated carbocycles. The molecule has 0 amide bonds. The molecule has 1 fully saturated rings. The molecule has 2 heterocycles. The van der Waals surface area contributed by atoms with Crippen molar-refractivity contribution in [3.63, 3.8) is 0 Å². The average molecular weight is 268 g/mol. The van der Waals surface area contributed by atoms with E-state index in [0.717, 1.165) is 12.2 Å². The van der Waals surface area contributed by atoms with Crippen molar-refractivity contribution in [1.29, 1.82) is 0 Å². The minimum Gasteiger partial charge on any atom is -0.493 e. The van der Waals surface area contributed by atoms with Gasteiger partial charge in [-0.3, -0.25) is 9.88 Å². The van der Waals surface area contributed by atoms with Gasteiger partial charge in [-0.15, -0.1) is 0 Å². The lowest BCUT2D eigenvalue weighted by atomic mass is 10.2. The number of hydrogen-bond donors (Lipinski definition) is 1. The van der Waals surface area contributed by atoms with E-state index in [0.29, 0.717) is 31.3 Å². The first-order valence-electron chi connectivity index (χ1n) is 6.28. The maximum absolute atomic E-state index is 9.37. The zero-order valence-corrected chi connectivity index (χ0v) is 11.3. The van der Waals surface area contributed by atoms with Crippen molar-refractivity contribution in [1.82, 2.24) is 9.88 Å². The highest BCUT2D eigenvalue weighted by Gasteiger charge is 2.24. The summed E-state index contributed by atoms with van der Waals surface area (Å²) in [5.41, 5.74) is 0.808. The van der Waals surface area contributed by atoms with E-state index in [-0.39, 0.29) is 12.6 Å². The third kappa shape index (κ3) is 3.15. The van der Waals surface area contributed by atoms with E-state index in [4.69, 9.17) is 14.2 Å². The Kier molecular flexibility index (Phi) is 4.95. The molecule has 1 aliphatic rings. The Morgan fingerprint density at radius 1 is 1.47 bits per heavy atom. The van der Waals surface area contributed by atoms with Crippen LogP contribution in [0.4, 0.5) is 0 Å². The van der Waals surface area contributed by atoms with E-state index < -0.39 is 0 Å². The number of pyridine rings is 1. The normalized spacial score (nSPS) is 20.3. The largest absolute Gasteiger partial charge is 0.493 e. The van der Waals surface area contributed by atoms with Crippen molar-refractivity contribution in [3.05, 3.63) is 18.0 Å². The first kappa shape index (κ1) is 14.0. The van der Waals surface area contributed by atoms with Crippen LogP contribution >= 0.6 is 0 Å². The van der Waals surface area contributed by atoms with Gasteiger partial charge in [-0.2, -0.15) is 0 Å². The van der Waals surface area contributed by atoms with Gasteiger partial charge in [0.25, 0.3) is 0 Å². The number of nitrogens with zero attached hydrogens (tertiary/aromatic N) is 2. The number of morpholine rings is 1. The molecule has 1 N–H and O–H groups in total.